The fourth-order valence-electron chi connectivity index (χ4n) is 3.85. The Balaban J connectivity index is 1.63. The summed E-state index contributed by atoms with van der Waals surface area (Å²) in [5.74, 6) is 0.464. The molecule has 1 aromatic carbocycles. The molecule has 5 rings (SSSR count). The summed E-state index contributed by atoms with van der Waals surface area (Å²) in [5.41, 5.74) is 9.90. The van der Waals surface area contributed by atoms with Crippen LogP contribution in [-0.4, -0.2) is 31.2 Å². The van der Waals surface area contributed by atoms with E-state index < -0.39 is 0 Å². The smallest absolute Gasteiger partial charge is 0.152 e. The summed E-state index contributed by atoms with van der Waals surface area (Å²) in [6.45, 7) is 3.65. The van der Waals surface area contributed by atoms with Crippen molar-refractivity contribution in [1.29, 1.82) is 0 Å². The summed E-state index contributed by atoms with van der Waals surface area (Å²) in [5, 5.41) is 11.1. The van der Waals surface area contributed by atoms with Crippen LogP contribution in [0.5, 0.6) is 0 Å². The molecule has 1 aliphatic rings. The molecule has 2 N–H and O–H groups in total. The predicted molar refractivity (Wildman–Crippen MR) is 105 cm³/mol. The van der Waals surface area contributed by atoms with Crippen LogP contribution in [0.4, 0.5) is 5.82 Å². The first-order valence-corrected chi connectivity index (χ1v) is 9.46. The molecule has 0 bridgehead atoms. The van der Waals surface area contributed by atoms with Crippen LogP contribution < -0.4 is 5.73 Å². The second-order valence-corrected chi connectivity index (χ2v) is 6.96. The molecular weight excluding hydrogens is 340 g/mol. The van der Waals surface area contributed by atoms with Gasteiger partial charge in [0.05, 0.1) is 11.2 Å². The number of anilines is 1. The van der Waals surface area contributed by atoms with Crippen LogP contribution in [0.3, 0.4) is 0 Å². The molecule has 7 nitrogen and oxygen atoms in total. The average Bonchev–Trinajstić information content (AvgIpc) is 3.36. The largest absolute Gasteiger partial charge is 0.382 e. The number of aromatic nitrogens is 5. The first-order valence-electron chi connectivity index (χ1n) is 9.46. The van der Waals surface area contributed by atoms with Crippen LogP contribution in [0.2, 0.25) is 0 Å². The molecule has 4 heterocycles. The first kappa shape index (κ1) is 16.3. The topological polar surface area (TPSA) is 83.8 Å². The summed E-state index contributed by atoms with van der Waals surface area (Å²) in [6, 6.07) is 8.31. The van der Waals surface area contributed by atoms with Crippen LogP contribution >= 0.6 is 0 Å². The lowest BCUT2D eigenvalue weighted by Gasteiger charge is -2.24. The minimum Gasteiger partial charge on any atom is -0.382 e. The van der Waals surface area contributed by atoms with Gasteiger partial charge in [-0.2, -0.15) is 10.2 Å². The molecule has 4 aromatic rings. The molecule has 0 radical (unpaired) electrons. The quantitative estimate of drug-likeness (QED) is 0.600. The lowest BCUT2D eigenvalue weighted by atomic mass is 10.1. The number of pyridine rings is 1. The van der Waals surface area contributed by atoms with E-state index in [0.29, 0.717) is 5.82 Å². The highest BCUT2D eigenvalue weighted by molar-refractivity contribution is 6.08. The van der Waals surface area contributed by atoms with E-state index in [0.717, 1.165) is 59.1 Å². The number of rotatable bonds is 3. The monoisotopic (exact) mass is 362 g/mol. The zero-order chi connectivity index (χ0) is 18.4. The van der Waals surface area contributed by atoms with Gasteiger partial charge in [-0.1, -0.05) is 12.1 Å². The van der Waals surface area contributed by atoms with Crippen molar-refractivity contribution < 1.29 is 4.74 Å². The fraction of sp³-hybridized carbons (Fsp3) is 0.350. The third-order valence-electron chi connectivity index (χ3n) is 5.25. The van der Waals surface area contributed by atoms with Gasteiger partial charge in [0.25, 0.3) is 0 Å². The Kier molecular flexibility index (Phi) is 3.82. The Labute approximate surface area is 156 Å². The molecule has 0 amide bonds. The maximum Gasteiger partial charge on any atom is 0.152 e. The predicted octanol–water partition coefficient (Wildman–Crippen LogP) is 3.75. The number of fused-ring (bicyclic) bond motifs is 3. The van der Waals surface area contributed by atoms with Crippen molar-refractivity contribution in [3.8, 4) is 11.3 Å². The molecule has 1 saturated heterocycles. The SMILES string of the molecule is CCn1cc2c(n1)c(N)nc1cc(-c3ccnn3C3CCCCO3)ccc12. The molecule has 27 heavy (non-hydrogen) atoms. The van der Waals surface area contributed by atoms with Crippen LogP contribution in [0, 0.1) is 0 Å². The van der Waals surface area contributed by atoms with E-state index in [1.807, 2.05) is 27.8 Å². The molecule has 0 aliphatic carbocycles. The van der Waals surface area contributed by atoms with E-state index in [9.17, 15) is 0 Å². The molecular formula is C20H22N6O. The summed E-state index contributed by atoms with van der Waals surface area (Å²) >= 11 is 0. The van der Waals surface area contributed by atoms with Gasteiger partial charge < -0.3 is 10.5 Å². The minimum atomic E-state index is 0.00254. The van der Waals surface area contributed by atoms with Crippen molar-refractivity contribution >= 4 is 27.6 Å². The highest BCUT2D eigenvalue weighted by Gasteiger charge is 2.20. The number of benzene rings is 1. The highest BCUT2D eigenvalue weighted by Crippen LogP contribution is 2.32. The van der Waals surface area contributed by atoms with Crippen molar-refractivity contribution in [1.82, 2.24) is 24.5 Å². The van der Waals surface area contributed by atoms with Gasteiger partial charge in [0.15, 0.2) is 12.0 Å². The molecule has 1 aliphatic heterocycles. The lowest BCUT2D eigenvalue weighted by molar-refractivity contribution is -0.0383. The van der Waals surface area contributed by atoms with E-state index in [2.05, 4.69) is 40.3 Å². The van der Waals surface area contributed by atoms with Gasteiger partial charge in [-0.3, -0.25) is 4.68 Å². The zero-order valence-corrected chi connectivity index (χ0v) is 15.3. The van der Waals surface area contributed by atoms with Gasteiger partial charge >= 0.3 is 0 Å². The average molecular weight is 362 g/mol. The Morgan fingerprint density at radius 2 is 2.15 bits per heavy atom. The van der Waals surface area contributed by atoms with Crippen molar-refractivity contribution in [3.63, 3.8) is 0 Å². The Hall–Kier alpha value is -2.93. The lowest BCUT2D eigenvalue weighted by Crippen LogP contribution is -2.19. The number of nitrogen functional groups attached to an aromatic ring is 1. The Morgan fingerprint density at radius 1 is 1.22 bits per heavy atom. The summed E-state index contributed by atoms with van der Waals surface area (Å²) in [6.07, 6.45) is 7.14. The molecule has 138 valence electrons. The Bertz CT molecular complexity index is 1120. The molecule has 7 heteroatoms. The molecule has 1 fully saturated rings. The van der Waals surface area contributed by atoms with Gasteiger partial charge in [-0.15, -0.1) is 0 Å². The first-order chi connectivity index (χ1) is 13.2. The third kappa shape index (κ3) is 2.66. The molecule has 3 aromatic heterocycles. The number of hydrogen-bond acceptors (Lipinski definition) is 5. The van der Waals surface area contributed by atoms with Gasteiger partial charge in [-0.05, 0) is 38.3 Å². The molecule has 0 saturated carbocycles. The maximum atomic E-state index is 6.18. The molecule has 1 unspecified atom stereocenters. The van der Waals surface area contributed by atoms with Crippen LogP contribution in [0.15, 0.2) is 36.7 Å². The number of hydrogen-bond donors (Lipinski definition) is 1. The number of ether oxygens (including phenoxy) is 1. The van der Waals surface area contributed by atoms with E-state index in [1.165, 1.54) is 6.42 Å². The van der Waals surface area contributed by atoms with Crippen molar-refractivity contribution in [2.24, 2.45) is 0 Å². The van der Waals surface area contributed by atoms with E-state index >= 15 is 0 Å². The van der Waals surface area contributed by atoms with Crippen molar-refractivity contribution in [3.05, 3.63) is 36.7 Å². The van der Waals surface area contributed by atoms with Crippen molar-refractivity contribution in [2.75, 3.05) is 12.3 Å². The summed E-state index contributed by atoms with van der Waals surface area (Å²) < 4.78 is 9.80. The number of nitrogens with zero attached hydrogens (tertiary/aromatic N) is 5. The minimum absolute atomic E-state index is 0.00254. The molecule has 1 atom stereocenters. The normalized spacial score (nSPS) is 17.7. The fourth-order valence-corrected chi connectivity index (χ4v) is 3.85. The zero-order valence-electron chi connectivity index (χ0n) is 15.3. The van der Waals surface area contributed by atoms with E-state index in [4.69, 9.17) is 10.5 Å². The molecule has 0 spiro atoms. The number of aryl methyl sites for hydroxylation is 1. The van der Waals surface area contributed by atoms with E-state index in [-0.39, 0.29) is 6.23 Å². The summed E-state index contributed by atoms with van der Waals surface area (Å²) in [7, 11) is 0. The van der Waals surface area contributed by atoms with Gasteiger partial charge in [0.1, 0.15) is 5.52 Å². The van der Waals surface area contributed by atoms with E-state index in [1.54, 1.807) is 0 Å². The maximum absolute atomic E-state index is 6.18. The second-order valence-electron chi connectivity index (χ2n) is 6.96. The second kappa shape index (κ2) is 6.35. The third-order valence-corrected chi connectivity index (χ3v) is 5.25. The Morgan fingerprint density at radius 3 is 2.96 bits per heavy atom. The highest BCUT2D eigenvalue weighted by atomic mass is 16.5. The van der Waals surface area contributed by atoms with Crippen LogP contribution in [0.1, 0.15) is 32.4 Å². The van der Waals surface area contributed by atoms with Gasteiger partial charge in [0.2, 0.25) is 0 Å². The van der Waals surface area contributed by atoms with Crippen molar-refractivity contribution in [2.45, 2.75) is 39.0 Å². The summed E-state index contributed by atoms with van der Waals surface area (Å²) in [4.78, 5) is 4.61. The van der Waals surface area contributed by atoms with Crippen LogP contribution in [0.25, 0.3) is 33.1 Å². The van der Waals surface area contributed by atoms with Gasteiger partial charge in [0, 0.05) is 41.9 Å². The van der Waals surface area contributed by atoms with Crippen LogP contribution in [-0.2, 0) is 11.3 Å². The standard InChI is InChI=1S/C20H22N6O/c1-2-25-12-15-14-7-6-13(11-16(14)23-20(21)19(15)24-25)17-8-9-22-26(17)18-5-3-4-10-27-18/h6-9,11-12,18H,2-5,10H2,1H3,(H2,21,23). The van der Waals surface area contributed by atoms with Gasteiger partial charge in [-0.25, -0.2) is 9.67 Å². The number of nitrogens with two attached hydrogens (primary N) is 1.